The quantitative estimate of drug-likeness (QED) is 0.294. The van der Waals surface area contributed by atoms with E-state index in [1.807, 2.05) is 0 Å². The van der Waals surface area contributed by atoms with Gasteiger partial charge in [0.25, 0.3) is 6.47 Å². The highest BCUT2D eigenvalue weighted by Crippen LogP contribution is 2.24. The number of alkyl halides is 3. The maximum absolute atomic E-state index is 12.3. The van der Waals surface area contributed by atoms with Gasteiger partial charge in [-0.2, -0.15) is 13.2 Å². The predicted octanol–water partition coefficient (Wildman–Crippen LogP) is 0.234. The number of halogens is 4. The molecule has 0 aliphatic rings. The molecule has 5 nitrogen and oxygen atoms in total. The van der Waals surface area contributed by atoms with Gasteiger partial charge in [0.05, 0.1) is 7.11 Å². The second-order valence-corrected chi connectivity index (χ2v) is 2.09. The Bertz CT molecular complexity index is 232. The van der Waals surface area contributed by atoms with Crippen molar-refractivity contribution in [2.24, 2.45) is 0 Å². The summed E-state index contributed by atoms with van der Waals surface area (Å²) < 4.78 is 59.0. The van der Waals surface area contributed by atoms with Crippen LogP contribution in [0, 0.1) is 0 Å². The summed E-state index contributed by atoms with van der Waals surface area (Å²) in [6, 6.07) is 0. The summed E-state index contributed by atoms with van der Waals surface area (Å²) in [5.74, 6) is -1.85. The topological polar surface area (TPSA) is 61.8 Å². The number of methoxy groups -OCH3 is 1. The summed E-state index contributed by atoms with van der Waals surface area (Å²) in [7, 11) is -2.33. The molecule has 0 N–H and O–H groups in total. The molecule has 0 fully saturated rings. The average molecular weight is 232 g/mol. The average Bonchev–Trinajstić information content (AvgIpc) is 2.12. The van der Waals surface area contributed by atoms with Gasteiger partial charge in [-0.05, 0) is 0 Å². The lowest BCUT2D eigenvalue weighted by atomic mass is 10.2. The minimum absolute atomic E-state index is 0.463. The number of carbonyl (C=O) groups is 2. The second-order valence-electron chi connectivity index (χ2n) is 2.09. The fraction of sp³-hybridized carbons (Fsp3) is 0.600. The molecule has 0 aliphatic heterocycles. The van der Waals surface area contributed by atoms with Crippen LogP contribution < -0.4 is 0 Å². The first kappa shape index (κ1) is 13.7. The maximum Gasteiger partial charge on any atom is 0.757 e. The van der Waals surface area contributed by atoms with Crippen LogP contribution in [0.4, 0.5) is 17.5 Å². The summed E-state index contributed by atoms with van der Waals surface area (Å²) in [4.78, 5) is 20.1. The molecule has 0 amide bonds. The van der Waals surface area contributed by atoms with Crippen molar-refractivity contribution in [2.45, 2.75) is 12.3 Å². The van der Waals surface area contributed by atoms with Gasteiger partial charge in [0.1, 0.15) is 0 Å². The van der Waals surface area contributed by atoms with Gasteiger partial charge in [0.2, 0.25) is 6.10 Å². The number of rotatable bonds is 5. The Hall–Kier alpha value is -1.32. The molecule has 0 radical (unpaired) electrons. The maximum atomic E-state index is 12.3. The monoisotopic (exact) mass is 232 g/mol. The summed E-state index contributed by atoms with van der Waals surface area (Å²) in [6.07, 6.45) is -8.30. The second kappa shape index (κ2) is 5.54. The van der Waals surface area contributed by atoms with E-state index in [9.17, 15) is 27.1 Å². The molecule has 0 aromatic rings. The van der Waals surface area contributed by atoms with Gasteiger partial charge in [-0.25, -0.2) is 9.11 Å². The third-order valence-electron chi connectivity index (χ3n) is 1.12. The molecule has 0 saturated carbocycles. The lowest BCUT2D eigenvalue weighted by Gasteiger charge is -2.17. The van der Waals surface area contributed by atoms with Gasteiger partial charge in [-0.1, -0.05) is 0 Å². The van der Waals surface area contributed by atoms with Crippen molar-refractivity contribution >= 4 is 19.8 Å². The van der Waals surface area contributed by atoms with E-state index < -0.39 is 32.1 Å². The van der Waals surface area contributed by atoms with Crippen LogP contribution in [0.1, 0.15) is 0 Å². The summed E-state index contributed by atoms with van der Waals surface area (Å²) >= 11 is 0. The molecule has 10 heteroatoms. The largest absolute Gasteiger partial charge is 0.757 e. The summed E-state index contributed by atoms with van der Waals surface area (Å²) in [5.41, 5.74) is 0. The molecular weight excluding hydrogens is 227 g/mol. The number of hydrogen-bond donors (Lipinski definition) is 0. The third-order valence-corrected chi connectivity index (χ3v) is 1.12. The molecule has 1 atom stereocenters. The Kier molecular flexibility index (Phi) is 5.05. The standard InChI is InChI=1S/C5H5BF4O5/c1-13-4(12)3(5(7,8)9)15-6(10)14-2-11/h2-3H,1H3. The molecule has 0 aromatic carbocycles. The van der Waals surface area contributed by atoms with E-state index >= 15 is 0 Å². The molecule has 0 aliphatic carbocycles. The van der Waals surface area contributed by atoms with Crippen molar-refractivity contribution in [1.82, 2.24) is 0 Å². The lowest BCUT2D eigenvalue weighted by Crippen LogP contribution is -2.43. The first-order chi connectivity index (χ1) is 6.82. The number of carbonyl (C=O) groups excluding carboxylic acids is 2. The van der Waals surface area contributed by atoms with E-state index in [0.29, 0.717) is 7.11 Å². The first-order valence-electron chi connectivity index (χ1n) is 3.36. The first-order valence-corrected chi connectivity index (χ1v) is 3.36. The van der Waals surface area contributed by atoms with Gasteiger partial charge in [0, 0.05) is 0 Å². The Morgan fingerprint density at radius 1 is 1.47 bits per heavy atom. The number of hydrogen-bond acceptors (Lipinski definition) is 5. The van der Waals surface area contributed by atoms with Crippen LogP contribution >= 0.6 is 0 Å². The van der Waals surface area contributed by atoms with E-state index in [2.05, 4.69) is 14.0 Å². The van der Waals surface area contributed by atoms with Crippen molar-refractivity contribution in [3.05, 3.63) is 0 Å². The Morgan fingerprint density at radius 3 is 2.33 bits per heavy atom. The van der Waals surface area contributed by atoms with Crippen molar-refractivity contribution < 1.29 is 41.1 Å². The molecule has 0 spiro atoms. The Morgan fingerprint density at radius 2 is 2.00 bits per heavy atom. The zero-order chi connectivity index (χ0) is 12.1. The van der Waals surface area contributed by atoms with E-state index in [1.54, 1.807) is 0 Å². The van der Waals surface area contributed by atoms with Gasteiger partial charge < -0.3 is 14.0 Å². The molecule has 0 heterocycles. The molecule has 0 rings (SSSR count). The molecular formula is C5H5BF4O5. The molecule has 0 bridgehead atoms. The molecule has 1 unspecified atom stereocenters. The van der Waals surface area contributed by atoms with Crippen molar-refractivity contribution in [3.8, 4) is 0 Å². The van der Waals surface area contributed by atoms with Crippen LogP contribution in [0.25, 0.3) is 0 Å². The van der Waals surface area contributed by atoms with Crippen LogP contribution in [0.2, 0.25) is 0 Å². The number of esters is 1. The normalized spacial score (nSPS) is 12.9. The van der Waals surface area contributed by atoms with Gasteiger partial charge in [-0.3, -0.25) is 4.79 Å². The highest BCUT2D eigenvalue weighted by molar-refractivity contribution is 6.37. The minimum atomic E-state index is -5.16. The minimum Gasteiger partial charge on any atom is -0.484 e. The third kappa shape index (κ3) is 4.63. The van der Waals surface area contributed by atoms with Crippen LogP contribution in [0.5, 0.6) is 0 Å². The highest BCUT2D eigenvalue weighted by atomic mass is 19.4. The van der Waals surface area contributed by atoms with Crippen molar-refractivity contribution in [2.75, 3.05) is 7.11 Å². The van der Waals surface area contributed by atoms with E-state index in [1.165, 1.54) is 0 Å². The molecule has 86 valence electrons. The predicted molar refractivity (Wildman–Crippen MR) is 37.0 cm³/mol. The van der Waals surface area contributed by atoms with Crippen molar-refractivity contribution in [1.29, 1.82) is 0 Å². The summed E-state index contributed by atoms with van der Waals surface area (Å²) in [5, 5.41) is 0. The lowest BCUT2D eigenvalue weighted by molar-refractivity contribution is -0.214. The Labute approximate surface area is 81.5 Å². The van der Waals surface area contributed by atoms with Crippen molar-refractivity contribution in [3.63, 3.8) is 0 Å². The fourth-order valence-electron chi connectivity index (χ4n) is 0.556. The van der Waals surface area contributed by atoms with Gasteiger partial charge in [0.15, 0.2) is 0 Å². The summed E-state index contributed by atoms with van der Waals surface area (Å²) in [6.45, 7) is -0.463. The highest BCUT2D eigenvalue weighted by Gasteiger charge is 2.50. The van der Waals surface area contributed by atoms with Crippen LogP contribution in [0.15, 0.2) is 0 Å². The molecule has 0 aromatic heterocycles. The van der Waals surface area contributed by atoms with Gasteiger partial charge in [-0.15, -0.1) is 0 Å². The SMILES string of the molecule is COC(=O)C(OB(F)OC=O)C(F)(F)F. The fourth-order valence-corrected chi connectivity index (χ4v) is 0.556. The molecule has 15 heavy (non-hydrogen) atoms. The van der Waals surface area contributed by atoms with E-state index in [-0.39, 0.29) is 0 Å². The van der Waals surface area contributed by atoms with E-state index in [4.69, 9.17) is 0 Å². The van der Waals surface area contributed by atoms with Crippen LogP contribution in [-0.2, 0) is 23.6 Å². The zero-order valence-corrected chi connectivity index (χ0v) is 7.29. The number of ether oxygens (including phenoxy) is 1. The zero-order valence-electron chi connectivity index (χ0n) is 7.29. The van der Waals surface area contributed by atoms with Crippen LogP contribution in [0.3, 0.4) is 0 Å². The Balaban J connectivity index is 4.52. The smallest absolute Gasteiger partial charge is 0.484 e. The van der Waals surface area contributed by atoms with Crippen LogP contribution in [-0.4, -0.2) is 39.2 Å². The molecule has 0 saturated heterocycles. The van der Waals surface area contributed by atoms with Gasteiger partial charge >= 0.3 is 19.5 Å². The van der Waals surface area contributed by atoms with E-state index in [0.717, 1.165) is 0 Å².